The second-order valence-corrected chi connectivity index (χ2v) is 8.19. The van der Waals surface area contributed by atoms with Crippen LogP contribution in [0.4, 0.5) is 52.7 Å². The van der Waals surface area contributed by atoms with Gasteiger partial charge in [-0.2, -0.15) is 0 Å². The molecule has 0 heterocycles. The molecule has 0 aromatic heterocycles. The summed E-state index contributed by atoms with van der Waals surface area (Å²) in [4.78, 5) is -1.26. The third-order valence-corrected chi connectivity index (χ3v) is 5.83. The smallest absolute Gasteiger partial charge is 0.176 e. The summed E-state index contributed by atoms with van der Waals surface area (Å²) in [5, 5.41) is 0. The predicted octanol–water partition coefficient (Wildman–Crippen LogP) is 8.54. The van der Waals surface area contributed by atoms with Crippen LogP contribution in [-0.4, -0.2) is 6.26 Å². The third kappa shape index (κ3) is 3.83. The highest BCUT2D eigenvalue weighted by atomic mass is 32.2. The van der Waals surface area contributed by atoms with E-state index in [1.54, 1.807) is 0 Å². The van der Waals surface area contributed by atoms with E-state index in [1.807, 2.05) is 0 Å². The Kier molecular flexibility index (Phi) is 7.13. The van der Waals surface area contributed by atoms with Crippen LogP contribution in [0.5, 0.6) is 0 Å². The molecular weight excluding hydrogens is 524 g/mol. The van der Waals surface area contributed by atoms with Crippen LogP contribution in [-0.2, 0) is 0 Å². The maximum absolute atomic E-state index is 14.8. The summed E-state index contributed by atoms with van der Waals surface area (Å²) in [6.45, 7) is 2.22. The van der Waals surface area contributed by atoms with Crippen LogP contribution >= 0.6 is 11.8 Å². The molecule has 0 fully saturated rings. The van der Waals surface area contributed by atoms with Crippen molar-refractivity contribution in [1.82, 2.24) is 0 Å². The number of benzene rings is 3. The lowest BCUT2D eigenvalue weighted by Crippen LogP contribution is -2.12. The van der Waals surface area contributed by atoms with Gasteiger partial charge in [-0.15, -0.1) is 11.8 Å². The Morgan fingerprint density at radius 2 is 0.629 bits per heavy atom. The van der Waals surface area contributed by atoms with Crippen molar-refractivity contribution in [1.29, 1.82) is 0 Å². The average Bonchev–Trinajstić information content (AvgIpc) is 2.79. The Balaban J connectivity index is 2.48. The van der Waals surface area contributed by atoms with E-state index in [9.17, 15) is 52.7 Å². The van der Waals surface area contributed by atoms with Crippen molar-refractivity contribution in [2.75, 3.05) is 6.26 Å². The van der Waals surface area contributed by atoms with E-state index < -0.39 is 108 Å². The highest BCUT2D eigenvalue weighted by Crippen LogP contribution is 2.44. The van der Waals surface area contributed by atoms with Crippen molar-refractivity contribution in [3.63, 3.8) is 0 Å². The van der Waals surface area contributed by atoms with E-state index in [0.717, 1.165) is 20.1 Å². The zero-order chi connectivity index (χ0) is 26.7. The molecule has 35 heavy (non-hydrogen) atoms. The van der Waals surface area contributed by atoms with E-state index in [0.29, 0.717) is 0 Å². The lowest BCUT2D eigenvalue weighted by molar-refractivity contribution is 0.421. The van der Waals surface area contributed by atoms with Gasteiger partial charge in [0, 0.05) is 5.56 Å². The van der Waals surface area contributed by atoms with Gasteiger partial charge in [0.05, 0.1) is 27.1 Å². The van der Waals surface area contributed by atoms with Crippen molar-refractivity contribution < 1.29 is 52.7 Å². The van der Waals surface area contributed by atoms with Gasteiger partial charge < -0.3 is 0 Å². The first-order chi connectivity index (χ1) is 16.2. The summed E-state index contributed by atoms with van der Waals surface area (Å²) < 4.78 is 174. The Morgan fingerprint density at radius 3 is 0.857 bits per heavy atom. The Bertz CT molecular complexity index is 1290. The highest BCUT2D eigenvalue weighted by Gasteiger charge is 2.37. The molecule has 0 radical (unpaired) electrons. The average molecular weight is 534 g/mol. The van der Waals surface area contributed by atoms with Crippen LogP contribution in [0.2, 0.25) is 0 Å². The second-order valence-electron chi connectivity index (χ2n) is 7.37. The lowest BCUT2D eigenvalue weighted by atomic mass is 9.92. The summed E-state index contributed by atoms with van der Waals surface area (Å²) in [5.74, 6) is -30.4. The first-order valence-electron chi connectivity index (χ1n) is 9.32. The Hall–Kier alpha value is -2.83. The van der Waals surface area contributed by atoms with Crippen LogP contribution < -0.4 is 0 Å². The van der Waals surface area contributed by atoms with Crippen molar-refractivity contribution in [3.8, 4) is 22.3 Å². The molecule has 188 valence electrons. The minimum atomic E-state index is -2.75. The first-order valence-corrected chi connectivity index (χ1v) is 10.5. The quantitative estimate of drug-likeness (QED) is 0.184. The van der Waals surface area contributed by atoms with Crippen LogP contribution in [0.15, 0.2) is 4.90 Å². The molecule has 3 aromatic carbocycles. The van der Waals surface area contributed by atoms with Gasteiger partial charge in [0.2, 0.25) is 0 Å². The molecule has 0 aliphatic heterocycles. The predicted molar refractivity (Wildman–Crippen MR) is 103 cm³/mol. The minimum absolute atomic E-state index is 0.158. The van der Waals surface area contributed by atoms with Crippen LogP contribution in [0.25, 0.3) is 22.3 Å². The molecule has 0 unspecified atom stereocenters. The molecule has 0 amide bonds. The molecule has 0 bridgehead atoms. The fourth-order valence-electron chi connectivity index (χ4n) is 3.46. The molecule has 0 N–H and O–H groups in total. The van der Waals surface area contributed by atoms with E-state index in [1.165, 1.54) is 0 Å². The van der Waals surface area contributed by atoms with Gasteiger partial charge in [-0.25, -0.2) is 52.7 Å². The zero-order valence-electron chi connectivity index (χ0n) is 17.5. The second kappa shape index (κ2) is 9.32. The van der Waals surface area contributed by atoms with Crippen molar-refractivity contribution >= 4 is 11.8 Å². The highest BCUT2D eigenvalue weighted by molar-refractivity contribution is 7.98. The van der Waals surface area contributed by atoms with Crippen molar-refractivity contribution in [3.05, 3.63) is 75.4 Å². The fourth-order valence-corrected chi connectivity index (χ4v) is 3.99. The molecule has 0 aliphatic rings. The van der Waals surface area contributed by atoms with Crippen LogP contribution in [0.1, 0.15) is 25.3 Å². The number of hydrogen-bond acceptors (Lipinski definition) is 1. The third-order valence-electron chi connectivity index (χ3n) is 5.07. The maximum atomic E-state index is 14.8. The monoisotopic (exact) mass is 534 g/mol. The molecular formula is C22H10F12S. The van der Waals surface area contributed by atoms with E-state index in [-0.39, 0.29) is 11.8 Å². The Morgan fingerprint density at radius 1 is 0.400 bits per heavy atom. The molecule has 0 nitrogen and oxygen atoms in total. The van der Waals surface area contributed by atoms with Gasteiger partial charge in [0.1, 0.15) is 0 Å². The molecule has 0 spiro atoms. The maximum Gasteiger partial charge on any atom is 0.176 e. The number of halogens is 12. The number of rotatable bonds is 4. The zero-order valence-corrected chi connectivity index (χ0v) is 18.3. The van der Waals surface area contributed by atoms with Gasteiger partial charge in [-0.05, 0) is 12.2 Å². The van der Waals surface area contributed by atoms with Gasteiger partial charge in [-0.1, -0.05) is 13.8 Å². The Labute approximate surface area is 193 Å². The summed E-state index contributed by atoms with van der Waals surface area (Å²) in [6, 6.07) is 0. The van der Waals surface area contributed by atoms with Gasteiger partial charge in [0.25, 0.3) is 0 Å². The molecule has 0 aliphatic carbocycles. The fraction of sp³-hybridized carbons (Fsp3) is 0.182. The largest absolute Gasteiger partial charge is 0.203 e. The summed E-state index contributed by atoms with van der Waals surface area (Å²) in [7, 11) is 0. The topological polar surface area (TPSA) is 0 Å². The lowest BCUT2D eigenvalue weighted by Gasteiger charge is -2.18. The van der Waals surface area contributed by atoms with Crippen molar-refractivity contribution in [2.45, 2.75) is 24.7 Å². The standard InChI is InChI=1S/C22H10F12S/c1-4(2)5-10(23)12(25)6(13(26)11(5)24)7-14(27)16(29)8(17(30)15(7)28)9-18(31)20(33)22(35-3)21(34)19(9)32/h4H,1-3H3. The van der Waals surface area contributed by atoms with Gasteiger partial charge in [-0.3, -0.25) is 0 Å². The molecule has 0 saturated heterocycles. The summed E-state index contributed by atoms with van der Waals surface area (Å²) in [6.07, 6.45) is 0.987. The van der Waals surface area contributed by atoms with Gasteiger partial charge in [0.15, 0.2) is 69.8 Å². The van der Waals surface area contributed by atoms with E-state index in [4.69, 9.17) is 0 Å². The minimum Gasteiger partial charge on any atom is -0.203 e. The van der Waals surface area contributed by atoms with E-state index in [2.05, 4.69) is 0 Å². The van der Waals surface area contributed by atoms with E-state index >= 15 is 0 Å². The molecule has 3 aromatic rings. The molecule has 0 saturated carbocycles. The number of hydrogen-bond donors (Lipinski definition) is 0. The van der Waals surface area contributed by atoms with Crippen LogP contribution in [0.3, 0.4) is 0 Å². The van der Waals surface area contributed by atoms with Crippen molar-refractivity contribution in [2.24, 2.45) is 0 Å². The van der Waals surface area contributed by atoms with Crippen LogP contribution in [0, 0.1) is 69.8 Å². The number of thioether (sulfide) groups is 1. The normalized spacial score (nSPS) is 11.7. The van der Waals surface area contributed by atoms with Gasteiger partial charge >= 0.3 is 0 Å². The summed E-state index contributed by atoms with van der Waals surface area (Å²) >= 11 is 0.158. The molecule has 13 heteroatoms. The first kappa shape index (κ1) is 26.8. The summed E-state index contributed by atoms with van der Waals surface area (Å²) in [5.41, 5.74) is -10.2. The SMILES string of the molecule is CSc1c(F)c(F)c(-c2c(F)c(F)c(-c3c(F)c(F)c(C(C)C)c(F)c3F)c(F)c2F)c(F)c1F. The molecule has 0 atom stereocenters. The molecule has 3 rings (SSSR count).